The van der Waals surface area contributed by atoms with E-state index in [2.05, 4.69) is 15.5 Å². The number of aryl methyl sites for hydroxylation is 1. The Morgan fingerprint density at radius 3 is 2.82 bits per heavy atom. The molecule has 0 bridgehead atoms. The zero-order chi connectivity index (χ0) is 12.4. The van der Waals surface area contributed by atoms with Gasteiger partial charge < -0.3 is 14.9 Å². The second-order valence-electron chi connectivity index (χ2n) is 4.06. The van der Waals surface area contributed by atoms with E-state index in [1.807, 2.05) is 0 Å². The molecular weight excluding hydrogens is 226 g/mol. The van der Waals surface area contributed by atoms with Crippen LogP contribution in [0, 0.1) is 18.8 Å². The first-order valence-corrected chi connectivity index (χ1v) is 5.37. The molecule has 0 radical (unpaired) electrons. The zero-order valence-electron chi connectivity index (χ0n) is 9.34. The van der Waals surface area contributed by atoms with Gasteiger partial charge in [0.25, 0.3) is 0 Å². The Labute approximate surface area is 97.2 Å². The third-order valence-electron chi connectivity index (χ3n) is 2.66. The number of carboxylic acids is 1. The number of nitrogens with zero attached hydrogens (tertiary/aromatic N) is 2. The van der Waals surface area contributed by atoms with Crippen molar-refractivity contribution in [3.63, 3.8) is 0 Å². The molecule has 7 heteroatoms. The van der Waals surface area contributed by atoms with Crippen LogP contribution in [0.5, 0.6) is 0 Å². The van der Waals surface area contributed by atoms with Crippen molar-refractivity contribution in [3.8, 4) is 0 Å². The average Bonchev–Trinajstić information content (AvgIpc) is 2.97. The van der Waals surface area contributed by atoms with E-state index in [-0.39, 0.29) is 11.8 Å². The van der Waals surface area contributed by atoms with Gasteiger partial charge in [-0.2, -0.15) is 4.98 Å². The van der Waals surface area contributed by atoms with Crippen molar-refractivity contribution in [3.05, 3.63) is 11.7 Å². The van der Waals surface area contributed by atoms with Gasteiger partial charge in [-0.25, -0.2) is 0 Å². The highest BCUT2D eigenvalue weighted by molar-refractivity contribution is 5.89. The van der Waals surface area contributed by atoms with Crippen molar-refractivity contribution in [2.45, 2.75) is 19.8 Å². The number of aliphatic carboxylic acids is 1. The molecule has 1 fully saturated rings. The fourth-order valence-corrected chi connectivity index (χ4v) is 1.63. The molecule has 2 rings (SSSR count). The number of hydrogen-bond donors (Lipinski definition) is 2. The summed E-state index contributed by atoms with van der Waals surface area (Å²) < 4.78 is 4.78. The number of carbonyl (C=O) groups is 2. The first-order valence-electron chi connectivity index (χ1n) is 5.37. The number of carboxylic acid groups (broad SMARTS) is 1. The monoisotopic (exact) mass is 239 g/mol. The Kier molecular flexibility index (Phi) is 3.08. The molecule has 2 N–H and O–H groups in total. The highest BCUT2D eigenvalue weighted by atomic mass is 16.5. The predicted molar refractivity (Wildman–Crippen MR) is 55.0 cm³/mol. The molecule has 1 aromatic rings. The number of nitrogens with one attached hydrogen (secondary N) is 1. The maximum Gasteiger partial charge on any atom is 0.307 e. The highest BCUT2D eigenvalue weighted by Crippen LogP contribution is 2.38. The second-order valence-corrected chi connectivity index (χ2v) is 4.06. The fraction of sp³-hybridized carbons (Fsp3) is 0.600. The molecule has 1 aromatic heterocycles. The molecule has 2 unspecified atom stereocenters. The van der Waals surface area contributed by atoms with Gasteiger partial charge in [-0.15, -0.1) is 0 Å². The molecule has 0 aromatic carbocycles. The van der Waals surface area contributed by atoms with Gasteiger partial charge in [0.05, 0.1) is 11.8 Å². The largest absolute Gasteiger partial charge is 0.481 e. The van der Waals surface area contributed by atoms with Gasteiger partial charge in [0.1, 0.15) is 0 Å². The molecule has 0 saturated heterocycles. The average molecular weight is 239 g/mol. The zero-order valence-corrected chi connectivity index (χ0v) is 9.34. The van der Waals surface area contributed by atoms with Crippen LogP contribution < -0.4 is 5.32 Å². The molecule has 17 heavy (non-hydrogen) atoms. The van der Waals surface area contributed by atoms with Crippen LogP contribution in [-0.4, -0.2) is 33.7 Å². The van der Waals surface area contributed by atoms with Crippen molar-refractivity contribution in [1.29, 1.82) is 0 Å². The van der Waals surface area contributed by atoms with E-state index < -0.39 is 11.9 Å². The van der Waals surface area contributed by atoms with Gasteiger partial charge in [0.15, 0.2) is 5.82 Å². The quantitative estimate of drug-likeness (QED) is 0.734. The molecular formula is C10H13N3O4. The van der Waals surface area contributed by atoms with Crippen LogP contribution in [0.3, 0.4) is 0 Å². The lowest BCUT2D eigenvalue weighted by Gasteiger charge is -2.01. The highest BCUT2D eigenvalue weighted by Gasteiger charge is 2.48. The van der Waals surface area contributed by atoms with Crippen molar-refractivity contribution >= 4 is 11.9 Å². The van der Waals surface area contributed by atoms with Crippen LogP contribution >= 0.6 is 0 Å². The summed E-state index contributed by atoms with van der Waals surface area (Å²) in [5, 5.41) is 15.0. The van der Waals surface area contributed by atoms with Crippen molar-refractivity contribution in [1.82, 2.24) is 15.5 Å². The van der Waals surface area contributed by atoms with E-state index in [1.54, 1.807) is 6.92 Å². The molecule has 0 spiro atoms. The standard InChI is InChI=1S/C10H13N3O4/c1-5-12-8(13-17-5)2-3-11-9(14)6-4-7(6)10(15)16/h6-7H,2-4H2,1H3,(H,11,14)(H,15,16). The van der Waals surface area contributed by atoms with Crippen molar-refractivity contribution < 1.29 is 19.2 Å². The normalized spacial score (nSPS) is 22.2. The maximum atomic E-state index is 11.5. The molecule has 1 aliphatic rings. The van der Waals surface area contributed by atoms with E-state index in [4.69, 9.17) is 9.63 Å². The Balaban J connectivity index is 1.69. The summed E-state index contributed by atoms with van der Waals surface area (Å²) in [6.07, 6.45) is 0.913. The van der Waals surface area contributed by atoms with Crippen LogP contribution in [0.2, 0.25) is 0 Å². The minimum Gasteiger partial charge on any atom is -0.481 e. The molecule has 7 nitrogen and oxygen atoms in total. The minimum atomic E-state index is -0.904. The van der Waals surface area contributed by atoms with Gasteiger partial charge in [-0.3, -0.25) is 9.59 Å². The fourth-order valence-electron chi connectivity index (χ4n) is 1.63. The van der Waals surface area contributed by atoms with Crippen LogP contribution in [0.25, 0.3) is 0 Å². The lowest BCUT2D eigenvalue weighted by molar-refractivity contribution is -0.140. The van der Waals surface area contributed by atoms with E-state index in [1.165, 1.54) is 0 Å². The smallest absolute Gasteiger partial charge is 0.307 e. The molecule has 2 atom stereocenters. The molecule has 1 heterocycles. The van der Waals surface area contributed by atoms with Gasteiger partial charge in [0.2, 0.25) is 11.8 Å². The first kappa shape index (κ1) is 11.6. The van der Waals surface area contributed by atoms with Crippen LogP contribution in [0.1, 0.15) is 18.1 Å². The third kappa shape index (κ3) is 2.80. The predicted octanol–water partition coefficient (Wildman–Crippen LogP) is -0.243. The Morgan fingerprint density at radius 1 is 1.53 bits per heavy atom. The van der Waals surface area contributed by atoms with Crippen LogP contribution in [0.15, 0.2) is 4.52 Å². The summed E-state index contributed by atoms with van der Waals surface area (Å²) in [5.41, 5.74) is 0. The summed E-state index contributed by atoms with van der Waals surface area (Å²) in [7, 11) is 0. The third-order valence-corrected chi connectivity index (χ3v) is 2.66. The first-order chi connectivity index (χ1) is 8.08. The Morgan fingerprint density at radius 2 is 2.29 bits per heavy atom. The molecule has 1 saturated carbocycles. The SMILES string of the molecule is Cc1nc(CCNC(=O)C2CC2C(=O)O)no1. The van der Waals surface area contributed by atoms with Crippen LogP contribution in [-0.2, 0) is 16.0 Å². The molecule has 0 aliphatic heterocycles. The topological polar surface area (TPSA) is 105 Å². The Hall–Kier alpha value is -1.92. The van der Waals surface area contributed by atoms with E-state index in [0.29, 0.717) is 31.1 Å². The number of rotatable bonds is 5. The number of aromatic nitrogens is 2. The molecule has 1 aliphatic carbocycles. The van der Waals surface area contributed by atoms with Crippen molar-refractivity contribution in [2.24, 2.45) is 11.8 Å². The lowest BCUT2D eigenvalue weighted by Crippen LogP contribution is -2.28. The van der Waals surface area contributed by atoms with Crippen molar-refractivity contribution in [2.75, 3.05) is 6.54 Å². The Bertz CT molecular complexity index is 443. The lowest BCUT2D eigenvalue weighted by atomic mass is 10.3. The molecule has 1 amide bonds. The van der Waals surface area contributed by atoms with Crippen LogP contribution in [0.4, 0.5) is 0 Å². The summed E-state index contributed by atoms with van der Waals surface area (Å²) >= 11 is 0. The van der Waals surface area contributed by atoms with Gasteiger partial charge in [0, 0.05) is 19.9 Å². The summed E-state index contributed by atoms with van der Waals surface area (Å²) in [4.78, 5) is 26.0. The molecule has 92 valence electrons. The van der Waals surface area contributed by atoms with Gasteiger partial charge in [-0.05, 0) is 6.42 Å². The second kappa shape index (κ2) is 4.52. The van der Waals surface area contributed by atoms with E-state index in [9.17, 15) is 9.59 Å². The van der Waals surface area contributed by atoms with E-state index >= 15 is 0 Å². The summed E-state index contributed by atoms with van der Waals surface area (Å²) in [6, 6.07) is 0. The number of carbonyl (C=O) groups excluding carboxylic acids is 1. The number of hydrogen-bond acceptors (Lipinski definition) is 5. The number of amides is 1. The summed E-state index contributed by atoms with van der Waals surface area (Å²) in [5.74, 6) is -0.980. The maximum absolute atomic E-state index is 11.5. The van der Waals surface area contributed by atoms with Gasteiger partial charge >= 0.3 is 5.97 Å². The summed E-state index contributed by atoms with van der Waals surface area (Å²) in [6.45, 7) is 2.08. The van der Waals surface area contributed by atoms with Gasteiger partial charge in [-0.1, -0.05) is 5.16 Å². The minimum absolute atomic E-state index is 0.211. The van der Waals surface area contributed by atoms with E-state index in [0.717, 1.165) is 0 Å².